The Kier molecular flexibility index (Phi) is 12.0. The Bertz CT molecular complexity index is 527. The number of ether oxygens (including phenoxy) is 1. The molecule has 1 fully saturated rings. The van der Waals surface area contributed by atoms with E-state index in [0.29, 0.717) is 32.1 Å². The number of carbonyl (C=O) groups is 2. The second-order valence-corrected chi connectivity index (χ2v) is 7.62. The summed E-state index contributed by atoms with van der Waals surface area (Å²) in [4.78, 5) is 22.2. The van der Waals surface area contributed by atoms with E-state index in [0.717, 1.165) is 19.3 Å². The lowest BCUT2D eigenvalue weighted by Crippen LogP contribution is -2.20. The molecular weight excluding hydrogens is 360 g/mol. The molecule has 6 heteroatoms. The van der Waals surface area contributed by atoms with E-state index in [4.69, 9.17) is 0 Å². The zero-order chi connectivity index (χ0) is 20.9. The molecule has 1 saturated carbocycles. The minimum absolute atomic E-state index is 0.109. The fourth-order valence-corrected chi connectivity index (χ4v) is 3.53. The molecule has 0 unspecified atom stereocenters. The average Bonchev–Trinajstić information content (AvgIpc) is 2.91. The highest BCUT2D eigenvalue weighted by atomic mass is 16.5. The average molecular weight is 397 g/mol. The van der Waals surface area contributed by atoms with Crippen molar-refractivity contribution in [3.8, 4) is 0 Å². The molecule has 28 heavy (non-hydrogen) atoms. The number of aliphatic hydroxyl groups is 3. The van der Waals surface area contributed by atoms with E-state index in [1.807, 2.05) is 18.2 Å². The Labute approximate surface area is 168 Å². The molecule has 0 saturated heterocycles. The lowest BCUT2D eigenvalue weighted by atomic mass is 9.89. The summed E-state index contributed by atoms with van der Waals surface area (Å²) in [6, 6.07) is 0. The largest absolute Gasteiger partial charge is 0.458 e. The molecule has 1 aliphatic carbocycles. The predicted molar refractivity (Wildman–Crippen MR) is 108 cm³/mol. The van der Waals surface area contributed by atoms with E-state index in [2.05, 4.69) is 11.7 Å². The SMILES string of the molecule is CCCCC[C@H](O)/C=C/[C@@H]1[C@@H](C/C=C\CCC(=O)COC(C)=O)[C@@H](O)C[C@H]1O. The molecule has 1 rings (SSSR count). The Morgan fingerprint density at radius 2 is 1.93 bits per heavy atom. The van der Waals surface area contributed by atoms with Gasteiger partial charge >= 0.3 is 5.97 Å². The van der Waals surface area contributed by atoms with Crippen molar-refractivity contribution in [2.75, 3.05) is 6.61 Å². The molecule has 0 aliphatic heterocycles. The maximum atomic E-state index is 11.5. The molecule has 3 N–H and O–H groups in total. The second kappa shape index (κ2) is 13.6. The lowest BCUT2D eigenvalue weighted by molar-refractivity contribution is -0.145. The van der Waals surface area contributed by atoms with Gasteiger partial charge in [0.1, 0.15) is 6.61 Å². The van der Waals surface area contributed by atoms with Crippen LogP contribution in [0, 0.1) is 11.8 Å². The normalized spacial score (nSPS) is 26.2. The Morgan fingerprint density at radius 1 is 1.18 bits per heavy atom. The number of aliphatic hydroxyl groups excluding tert-OH is 3. The van der Waals surface area contributed by atoms with Crippen LogP contribution in [0.4, 0.5) is 0 Å². The maximum Gasteiger partial charge on any atom is 0.303 e. The van der Waals surface area contributed by atoms with Gasteiger partial charge in [-0.05, 0) is 25.2 Å². The van der Waals surface area contributed by atoms with Gasteiger partial charge in [0, 0.05) is 25.7 Å². The highest BCUT2D eigenvalue weighted by Crippen LogP contribution is 2.36. The van der Waals surface area contributed by atoms with Crippen molar-refractivity contribution in [3.63, 3.8) is 0 Å². The lowest BCUT2D eigenvalue weighted by Gasteiger charge is -2.19. The fraction of sp³-hybridized carbons (Fsp3) is 0.727. The van der Waals surface area contributed by atoms with Crippen molar-refractivity contribution in [2.24, 2.45) is 11.8 Å². The summed E-state index contributed by atoms with van der Waals surface area (Å²) in [5.41, 5.74) is 0. The number of rotatable bonds is 13. The van der Waals surface area contributed by atoms with Crippen LogP contribution >= 0.6 is 0 Å². The van der Waals surface area contributed by atoms with E-state index in [9.17, 15) is 24.9 Å². The summed E-state index contributed by atoms with van der Waals surface area (Å²) in [7, 11) is 0. The third kappa shape index (κ3) is 9.62. The first-order valence-electron chi connectivity index (χ1n) is 10.4. The van der Waals surface area contributed by atoms with Crippen LogP contribution in [0.15, 0.2) is 24.3 Å². The van der Waals surface area contributed by atoms with Crippen molar-refractivity contribution < 1.29 is 29.6 Å². The third-order valence-electron chi connectivity index (χ3n) is 5.18. The molecule has 0 heterocycles. The van der Waals surface area contributed by atoms with Gasteiger partial charge in [-0.3, -0.25) is 9.59 Å². The molecule has 1 aliphatic rings. The van der Waals surface area contributed by atoms with Crippen LogP contribution in [0.2, 0.25) is 0 Å². The topological polar surface area (TPSA) is 104 Å². The number of unbranched alkanes of at least 4 members (excludes halogenated alkanes) is 2. The fourth-order valence-electron chi connectivity index (χ4n) is 3.53. The summed E-state index contributed by atoms with van der Waals surface area (Å²) in [5.74, 6) is -0.894. The van der Waals surface area contributed by atoms with Gasteiger partial charge < -0.3 is 20.1 Å². The van der Waals surface area contributed by atoms with Crippen molar-refractivity contribution in [2.45, 2.75) is 83.5 Å². The summed E-state index contributed by atoms with van der Waals surface area (Å²) in [5, 5.41) is 30.5. The Hall–Kier alpha value is -1.50. The van der Waals surface area contributed by atoms with Gasteiger partial charge in [0.25, 0.3) is 0 Å². The molecule has 0 aromatic carbocycles. The van der Waals surface area contributed by atoms with E-state index in [1.54, 1.807) is 6.08 Å². The van der Waals surface area contributed by atoms with Crippen LogP contribution in [0.1, 0.15) is 65.2 Å². The molecule has 0 aromatic rings. The first kappa shape index (κ1) is 24.5. The van der Waals surface area contributed by atoms with Crippen molar-refractivity contribution in [3.05, 3.63) is 24.3 Å². The van der Waals surface area contributed by atoms with Crippen LogP contribution < -0.4 is 0 Å². The van der Waals surface area contributed by atoms with Crippen molar-refractivity contribution in [1.29, 1.82) is 0 Å². The molecule has 160 valence electrons. The highest BCUT2D eigenvalue weighted by molar-refractivity contribution is 5.81. The highest BCUT2D eigenvalue weighted by Gasteiger charge is 2.39. The summed E-state index contributed by atoms with van der Waals surface area (Å²) in [6.07, 6.45) is 11.3. The van der Waals surface area contributed by atoms with Gasteiger partial charge in [0.05, 0.1) is 18.3 Å². The Morgan fingerprint density at radius 3 is 2.61 bits per heavy atom. The van der Waals surface area contributed by atoms with E-state index < -0.39 is 24.3 Å². The third-order valence-corrected chi connectivity index (χ3v) is 5.18. The monoisotopic (exact) mass is 396 g/mol. The minimum atomic E-state index is -0.613. The molecule has 0 aromatic heterocycles. The summed E-state index contributed by atoms with van der Waals surface area (Å²) < 4.78 is 4.66. The van der Waals surface area contributed by atoms with Crippen molar-refractivity contribution in [1.82, 2.24) is 0 Å². The van der Waals surface area contributed by atoms with E-state index >= 15 is 0 Å². The number of hydrogen-bond donors (Lipinski definition) is 3. The van der Waals surface area contributed by atoms with Crippen LogP contribution in [-0.4, -0.2) is 52.0 Å². The van der Waals surface area contributed by atoms with Gasteiger partial charge in [0.15, 0.2) is 5.78 Å². The maximum absolute atomic E-state index is 11.5. The zero-order valence-electron chi connectivity index (χ0n) is 17.1. The number of allylic oxidation sites excluding steroid dienone is 2. The van der Waals surface area contributed by atoms with Crippen LogP contribution in [0.25, 0.3) is 0 Å². The first-order chi connectivity index (χ1) is 13.3. The van der Waals surface area contributed by atoms with Gasteiger partial charge in [-0.15, -0.1) is 0 Å². The first-order valence-corrected chi connectivity index (χ1v) is 10.4. The molecule has 5 atom stereocenters. The summed E-state index contributed by atoms with van der Waals surface area (Å²) >= 11 is 0. The molecule has 6 nitrogen and oxygen atoms in total. The standard InChI is InChI=1S/C22H36O6/c1-3-4-6-9-17(24)12-13-20-19(21(26)14-22(20)27)11-8-5-7-10-18(25)15-28-16(2)23/h5,8,12-13,17,19-22,24,26-27H,3-4,6-7,9-11,14-15H2,1-2H3/b8-5-,13-12+/t17-,19+,20+,21-,22+/m0/s1. The van der Waals surface area contributed by atoms with E-state index in [1.165, 1.54) is 6.92 Å². The molecule has 0 bridgehead atoms. The van der Waals surface area contributed by atoms with E-state index in [-0.39, 0.29) is 24.2 Å². The van der Waals surface area contributed by atoms with Gasteiger partial charge in [-0.1, -0.05) is 50.5 Å². The second-order valence-electron chi connectivity index (χ2n) is 7.62. The smallest absolute Gasteiger partial charge is 0.303 e. The molecule has 0 radical (unpaired) electrons. The van der Waals surface area contributed by atoms with Gasteiger partial charge in [0.2, 0.25) is 0 Å². The number of Topliss-reactive ketones (excluding diaryl/α,β-unsaturated/α-hetero) is 1. The minimum Gasteiger partial charge on any atom is -0.458 e. The summed E-state index contributed by atoms with van der Waals surface area (Å²) in [6.45, 7) is 3.19. The molecule has 0 spiro atoms. The zero-order valence-corrected chi connectivity index (χ0v) is 17.1. The number of carbonyl (C=O) groups excluding carboxylic acids is 2. The predicted octanol–water partition coefficient (Wildman–Crippen LogP) is 2.70. The van der Waals surface area contributed by atoms with Crippen LogP contribution in [0.5, 0.6) is 0 Å². The Balaban J connectivity index is 2.44. The van der Waals surface area contributed by atoms with Gasteiger partial charge in [-0.2, -0.15) is 0 Å². The van der Waals surface area contributed by atoms with Crippen LogP contribution in [-0.2, 0) is 14.3 Å². The van der Waals surface area contributed by atoms with Crippen molar-refractivity contribution >= 4 is 11.8 Å². The number of ketones is 1. The molecule has 0 amide bonds. The van der Waals surface area contributed by atoms with Crippen LogP contribution in [0.3, 0.4) is 0 Å². The van der Waals surface area contributed by atoms with Gasteiger partial charge in [-0.25, -0.2) is 0 Å². The molecular formula is C22H36O6. The quantitative estimate of drug-likeness (QED) is 0.251. The number of hydrogen-bond acceptors (Lipinski definition) is 6. The number of esters is 1.